The molecule has 7 nitrogen and oxygen atoms in total. The molecule has 0 aliphatic carbocycles. The maximum Gasteiger partial charge on any atom is 0.365 e. The second kappa shape index (κ2) is 7.98. The molecule has 1 atom stereocenters. The Morgan fingerprint density at radius 2 is 1.93 bits per heavy atom. The quantitative estimate of drug-likeness (QED) is 0.634. The van der Waals surface area contributed by atoms with Gasteiger partial charge in [0.15, 0.2) is 0 Å². The average molecular weight is 380 g/mol. The smallest absolute Gasteiger partial charge is 0.365 e. The second-order valence-electron chi connectivity index (χ2n) is 7.32. The summed E-state index contributed by atoms with van der Waals surface area (Å²) in [6.45, 7) is 6.47. The molecule has 4 rings (SSSR count). The first-order valence-electron chi connectivity index (χ1n) is 9.64. The van der Waals surface area contributed by atoms with Gasteiger partial charge in [-0.1, -0.05) is 17.0 Å². The van der Waals surface area contributed by atoms with Crippen LogP contribution in [0.3, 0.4) is 0 Å². The number of para-hydroxylation sites is 1. The Labute approximate surface area is 163 Å². The van der Waals surface area contributed by atoms with Gasteiger partial charge in [0.2, 0.25) is 0 Å². The van der Waals surface area contributed by atoms with Gasteiger partial charge in [0, 0.05) is 12.6 Å². The van der Waals surface area contributed by atoms with Crippen molar-refractivity contribution in [1.29, 1.82) is 0 Å². The van der Waals surface area contributed by atoms with Crippen LogP contribution >= 0.6 is 0 Å². The minimum Gasteiger partial charge on any atom is -0.489 e. The van der Waals surface area contributed by atoms with Crippen molar-refractivity contribution < 1.29 is 14.4 Å². The van der Waals surface area contributed by atoms with Gasteiger partial charge in [-0.25, -0.2) is 4.79 Å². The number of piperidine rings is 1. The number of hydrogen-bond donors (Lipinski definition) is 0. The molecule has 0 bridgehead atoms. The molecule has 1 unspecified atom stereocenters. The fourth-order valence-corrected chi connectivity index (χ4v) is 3.44. The number of aromatic nitrogens is 3. The van der Waals surface area contributed by atoms with Gasteiger partial charge in [-0.15, -0.1) is 5.10 Å². The van der Waals surface area contributed by atoms with Gasteiger partial charge < -0.3 is 9.57 Å². The van der Waals surface area contributed by atoms with Crippen LogP contribution in [0.25, 0.3) is 11.0 Å². The highest BCUT2D eigenvalue weighted by molar-refractivity contribution is 5.90. The first-order chi connectivity index (χ1) is 13.6. The Hall–Kier alpha value is -2.93. The number of carbonyl (C=O) groups excluding carboxylic acids is 1. The monoisotopic (exact) mass is 380 g/mol. The summed E-state index contributed by atoms with van der Waals surface area (Å²) in [5.41, 5.74) is 1.74. The highest BCUT2D eigenvalue weighted by atomic mass is 16.7. The fourth-order valence-electron chi connectivity index (χ4n) is 3.44. The van der Waals surface area contributed by atoms with Crippen LogP contribution in [-0.2, 0) is 0 Å². The molecule has 0 radical (unpaired) electrons. The molecule has 0 saturated carbocycles. The third-order valence-electron chi connectivity index (χ3n) is 5.02. The zero-order valence-electron chi connectivity index (χ0n) is 16.1. The van der Waals surface area contributed by atoms with Gasteiger partial charge >= 0.3 is 5.97 Å². The highest BCUT2D eigenvalue weighted by Crippen LogP contribution is 2.20. The fraction of sp³-hybridized carbons (Fsp3) is 0.381. The van der Waals surface area contributed by atoms with Crippen molar-refractivity contribution in [3.63, 3.8) is 0 Å². The maximum absolute atomic E-state index is 12.4. The standard InChI is InChI=1S/C21H24N4O3/c1-15(2)24-13-5-6-18(14-24)27-17-11-9-16(10-12-17)21(26)28-25-20-8-4-3-7-19(20)22-23-25/h3-4,7-12,15,18H,5-6,13-14H2,1-2H3. The lowest BCUT2D eigenvalue weighted by molar-refractivity contribution is 0.0408. The molecule has 1 aliphatic heterocycles. The normalized spacial score (nSPS) is 17.8. The van der Waals surface area contributed by atoms with E-state index in [0.29, 0.717) is 22.6 Å². The zero-order valence-corrected chi connectivity index (χ0v) is 16.1. The molecule has 3 aromatic rings. The van der Waals surface area contributed by atoms with Crippen molar-refractivity contribution in [2.24, 2.45) is 0 Å². The van der Waals surface area contributed by atoms with Gasteiger partial charge in [-0.3, -0.25) is 4.90 Å². The van der Waals surface area contributed by atoms with Crippen LogP contribution in [0.15, 0.2) is 48.5 Å². The second-order valence-corrected chi connectivity index (χ2v) is 7.32. The molecule has 2 aromatic carbocycles. The first-order valence-corrected chi connectivity index (χ1v) is 9.64. The van der Waals surface area contributed by atoms with Gasteiger partial charge in [0.05, 0.1) is 5.56 Å². The molecule has 1 aromatic heterocycles. The minimum absolute atomic E-state index is 0.176. The van der Waals surface area contributed by atoms with Crippen LogP contribution in [0, 0.1) is 0 Å². The molecule has 7 heteroatoms. The summed E-state index contributed by atoms with van der Waals surface area (Å²) in [5, 5.41) is 7.85. The largest absolute Gasteiger partial charge is 0.489 e. The summed E-state index contributed by atoms with van der Waals surface area (Å²) in [5.74, 6) is 0.268. The van der Waals surface area contributed by atoms with Gasteiger partial charge in [-0.2, -0.15) is 0 Å². The third kappa shape index (κ3) is 3.99. The maximum atomic E-state index is 12.4. The van der Waals surface area contributed by atoms with E-state index >= 15 is 0 Å². The van der Waals surface area contributed by atoms with Crippen LogP contribution < -0.4 is 9.57 Å². The van der Waals surface area contributed by atoms with E-state index in [-0.39, 0.29) is 6.10 Å². The minimum atomic E-state index is -0.495. The molecular formula is C21H24N4O3. The first kappa shape index (κ1) is 18.4. The number of benzene rings is 2. The van der Waals surface area contributed by atoms with Crippen molar-refractivity contribution in [3.8, 4) is 5.75 Å². The summed E-state index contributed by atoms with van der Waals surface area (Å²) < 4.78 is 6.11. The van der Waals surface area contributed by atoms with Crippen LogP contribution in [0.2, 0.25) is 0 Å². The van der Waals surface area contributed by atoms with Crippen molar-refractivity contribution in [2.45, 2.75) is 38.8 Å². The van der Waals surface area contributed by atoms with E-state index in [2.05, 4.69) is 29.1 Å². The summed E-state index contributed by atoms with van der Waals surface area (Å²) in [6, 6.07) is 14.9. The Bertz CT molecular complexity index is 952. The molecule has 1 fully saturated rings. The van der Waals surface area contributed by atoms with Crippen LogP contribution in [0.4, 0.5) is 0 Å². The third-order valence-corrected chi connectivity index (χ3v) is 5.02. The van der Waals surface area contributed by atoms with Crippen LogP contribution in [0.1, 0.15) is 37.0 Å². The number of nitrogens with zero attached hydrogens (tertiary/aromatic N) is 4. The Kier molecular flexibility index (Phi) is 5.25. The summed E-state index contributed by atoms with van der Waals surface area (Å²) in [7, 11) is 0. The Morgan fingerprint density at radius 3 is 2.71 bits per heavy atom. The van der Waals surface area contributed by atoms with E-state index in [4.69, 9.17) is 9.57 Å². The molecule has 1 saturated heterocycles. The van der Waals surface area contributed by atoms with Gasteiger partial charge in [0.25, 0.3) is 0 Å². The van der Waals surface area contributed by atoms with E-state index in [1.807, 2.05) is 30.3 Å². The number of hydrogen-bond acceptors (Lipinski definition) is 6. The molecular weight excluding hydrogens is 356 g/mol. The van der Waals surface area contributed by atoms with Crippen molar-refractivity contribution in [1.82, 2.24) is 20.1 Å². The lowest BCUT2D eigenvalue weighted by Crippen LogP contribution is -2.44. The lowest BCUT2D eigenvalue weighted by Gasteiger charge is -2.35. The topological polar surface area (TPSA) is 69.5 Å². The van der Waals surface area contributed by atoms with Crippen LogP contribution in [-0.4, -0.2) is 51.3 Å². The van der Waals surface area contributed by atoms with Crippen molar-refractivity contribution >= 4 is 17.0 Å². The molecule has 0 amide bonds. The summed E-state index contributed by atoms with van der Waals surface area (Å²) in [4.78, 5) is 21.3. The molecule has 28 heavy (non-hydrogen) atoms. The predicted molar refractivity (Wildman–Crippen MR) is 105 cm³/mol. The SMILES string of the molecule is CC(C)N1CCCC(Oc2ccc(C(=O)On3nnc4ccccc43)cc2)C1. The van der Waals surface area contributed by atoms with Crippen LogP contribution in [0.5, 0.6) is 5.75 Å². The number of fused-ring (bicyclic) bond motifs is 1. The van der Waals surface area contributed by atoms with E-state index in [1.165, 1.54) is 0 Å². The van der Waals surface area contributed by atoms with E-state index in [9.17, 15) is 4.79 Å². The zero-order chi connectivity index (χ0) is 19.5. The molecule has 2 heterocycles. The molecule has 1 aliphatic rings. The molecule has 0 N–H and O–H groups in total. The summed E-state index contributed by atoms with van der Waals surface area (Å²) in [6.07, 6.45) is 2.36. The van der Waals surface area contributed by atoms with Gasteiger partial charge in [0.1, 0.15) is 22.9 Å². The lowest BCUT2D eigenvalue weighted by atomic mass is 10.1. The number of ether oxygens (including phenoxy) is 1. The van der Waals surface area contributed by atoms with E-state index in [0.717, 1.165) is 36.5 Å². The Balaban J connectivity index is 1.39. The predicted octanol–water partition coefficient (Wildman–Crippen LogP) is 2.95. The number of rotatable bonds is 5. The highest BCUT2D eigenvalue weighted by Gasteiger charge is 2.23. The van der Waals surface area contributed by atoms with E-state index in [1.54, 1.807) is 18.2 Å². The van der Waals surface area contributed by atoms with Crippen molar-refractivity contribution in [2.75, 3.05) is 13.1 Å². The average Bonchev–Trinajstić information content (AvgIpc) is 3.12. The number of carbonyl (C=O) groups is 1. The summed E-state index contributed by atoms with van der Waals surface area (Å²) >= 11 is 0. The Morgan fingerprint density at radius 1 is 1.14 bits per heavy atom. The van der Waals surface area contributed by atoms with Crippen molar-refractivity contribution in [3.05, 3.63) is 54.1 Å². The number of likely N-dealkylation sites (tertiary alicyclic amines) is 1. The molecule has 0 spiro atoms. The van der Waals surface area contributed by atoms with Gasteiger partial charge in [-0.05, 0) is 74.8 Å². The van der Waals surface area contributed by atoms with E-state index < -0.39 is 5.97 Å². The molecule has 146 valence electrons.